The highest BCUT2D eigenvalue weighted by molar-refractivity contribution is 7.21. The Labute approximate surface area is 225 Å². The number of nitrogen functional groups attached to an aromatic ring is 1. The zero-order valence-corrected chi connectivity index (χ0v) is 21.5. The molecule has 0 bridgehead atoms. The number of pyridine rings is 3. The molecule has 1 aliphatic heterocycles. The van der Waals surface area contributed by atoms with Crippen LogP contribution >= 0.6 is 11.3 Å². The van der Waals surface area contributed by atoms with Crippen molar-refractivity contribution in [2.45, 2.75) is 31.2 Å². The van der Waals surface area contributed by atoms with Crippen molar-refractivity contribution in [1.82, 2.24) is 20.3 Å². The van der Waals surface area contributed by atoms with E-state index in [0.29, 0.717) is 38.2 Å². The number of hydrogen-bond acceptors (Lipinski definition) is 9. The van der Waals surface area contributed by atoms with Gasteiger partial charge in [0.05, 0.1) is 11.4 Å². The van der Waals surface area contributed by atoms with Crippen molar-refractivity contribution >= 4 is 38.8 Å². The van der Waals surface area contributed by atoms with Crippen LogP contribution in [0.4, 0.5) is 24.7 Å². The van der Waals surface area contributed by atoms with Gasteiger partial charge in [-0.2, -0.15) is 13.2 Å². The molecule has 13 heteroatoms. The molecule has 9 nitrogen and oxygen atoms in total. The number of alkyl halides is 3. The minimum atomic E-state index is -4.75. The van der Waals surface area contributed by atoms with Crippen LogP contribution in [-0.4, -0.2) is 51.6 Å². The third kappa shape index (κ3) is 5.65. The Morgan fingerprint density at radius 1 is 1.18 bits per heavy atom. The lowest BCUT2D eigenvalue weighted by atomic mass is 10.0. The fourth-order valence-electron chi connectivity index (χ4n) is 4.69. The van der Waals surface area contributed by atoms with Crippen molar-refractivity contribution in [2.75, 3.05) is 30.3 Å². The number of hydrogen-bond donors (Lipinski definition) is 4. The third-order valence-corrected chi connectivity index (χ3v) is 7.92. The molecule has 6 N–H and O–H groups in total. The molecule has 1 unspecified atom stereocenters. The number of primary amides is 1. The number of nitrogens with two attached hydrogens (primary N) is 2. The van der Waals surface area contributed by atoms with E-state index in [4.69, 9.17) is 11.5 Å². The Bertz CT molecular complexity index is 1470. The highest BCUT2D eigenvalue weighted by Gasteiger charge is 2.38. The van der Waals surface area contributed by atoms with Crippen LogP contribution in [-0.2, 0) is 6.18 Å². The highest BCUT2D eigenvalue weighted by Crippen LogP contribution is 2.43. The normalized spacial score (nSPS) is 15.5. The number of aliphatic hydroxyl groups excluding tert-OH is 1. The first kappa shape index (κ1) is 26.8. The topological polar surface area (TPSA) is 143 Å². The van der Waals surface area contributed by atoms with Crippen molar-refractivity contribution in [3.05, 3.63) is 65.2 Å². The van der Waals surface area contributed by atoms with Crippen LogP contribution in [0, 0.1) is 0 Å². The summed E-state index contributed by atoms with van der Waals surface area (Å²) in [6.07, 6.45) is 0.834. The minimum absolute atomic E-state index is 0.0663. The number of halogens is 3. The number of thiophene rings is 1. The summed E-state index contributed by atoms with van der Waals surface area (Å²) in [5, 5.41) is 13.7. The predicted octanol–water partition coefficient (Wildman–Crippen LogP) is 3.75. The second kappa shape index (κ2) is 10.8. The number of carbonyl (C=O) groups is 1. The van der Waals surface area contributed by atoms with E-state index >= 15 is 0 Å². The summed E-state index contributed by atoms with van der Waals surface area (Å²) in [6, 6.07) is 9.03. The second-order valence-corrected chi connectivity index (χ2v) is 10.4. The van der Waals surface area contributed by atoms with Crippen molar-refractivity contribution in [2.24, 2.45) is 5.73 Å². The largest absolute Gasteiger partial charge is 0.434 e. The van der Waals surface area contributed by atoms with Gasteiger partial charge in [-0.25, -0.2) is 4.98 Å². The molecule has 0 aliphatic carbocycles. The van der Waals surface area contributed by atoms with E-state index in [9.17, 15) is 23.1 Å². The summed E-state index contributed by atoms with van der Waals surface area (Å²) in [5.74, 6) is -0.707. The fourth-order valence-corrected chi connectivity index (χ4v) is 5.70. The molecule has 4 aromatic rings. The SMILES string of the molecule is NC(=O)c1sc2cc(N3CCC(NCC(O)c4ccc(-c5ccncc5)cn4)CC3)nc(C(F)(F)F)c2c1N. The molecule has 5 heterocycles. The third-order valence-electron chi connectivity index (χ3n) is 6.75. The van der Waals surface area contributed by atoms with Crippen LogP contribution in [0.3, 0.4) is 0 Å². The van der Waals surface area contributed by atoms with E-state index in [0.717, 1.165) is 22.5 Å². The first-order chi connectivity index (χ1) is 18.6. The van der Waals surface area contributed by atoms with Gasteiger partial charge >= 0.3 is 6.18 Å². The highest BCUT2D eigenvalue weighted by atomic mass is 32.1. The van der Waals surface area contributed by atoms with Gasteiger partial charge in [0.25, 0.3) is 5.91 Å². The van der Waals surface area contributed by atoms with Gasteiger partial charge in [-0.1, -0.05) is 6.07 Å². The molecule has 39 heavy (non-hydrogen) atoms. The lowest BCUT2D eigenvalue weighted by Gasteiger charge is -2.34. The molecule has 4 aromatic heterocycles. The Kier molecular flexibility index (Phi) is 7.38. The maximum absolute atomic E-state index is 13.9. The summed E-state index contributed by atoms with van der Waals surface area (Å²) >= 11 is 0.835. The van der Waals surface area contributed by atoms with Crippen molar-refractivity contribution < 1.29 is 23.1 Å². The van der Waals surface area contributed by atoms with Crippen LogP contribution in [0.1, 0.15) is 40.0 Å². The molecule has 204 valence electrons. The minimum Gasteiger partial charge on any atom is -0.397 e. The van der Waals surface area contributed by atoms with E-state index in [-0.39, 0.29) is 32.5 Å². The number of fused-ring (bicyclic) bond motifs is 1. The molecule has 0 saturated carbocycles. The van der Waals surface area contributed by atoms with Gasteiger partial charge in [0.15, 0.2) is 5.69 Å². The van der Waals surface area contributed by atoms with Gasteiger partial charge in [0, 0.05) is 59.9 Å². The molecule has 0 radical (unpaired) electrons. The maximum atomic E-state index is 13.9. The van der Waals surface area contributed by atoms with Gasteiger partial charge < -0.3 is 26.8 Å². The number of amides is 1. The predicted molar refractivity (Wildman–Crippen MR) is 143 cm³/mol. The van der Waals surface area contributed by atoms with E-state index in [2.05, 4.69) is 20.3 Å². The van der Waals surface area contributed by atoms with Gasteiger partial charge in [-0.15, -0.1) is 11.3 Å². The van der Waals surface area contributed by atoms with E-state index in [1.807, 2.05) is 18.2 Å². The van der Waals surface area contributed by atoms with Gasteiger partial charge in [-0.05, 0) is 42.7 Å². The number of rotatable bonds is 7. The van der Waals surface area contributed by atoms with Crippen LogP contribution in [0.25, 0.3) is 21.2 Å². The average molecular weight is 558 g/mol. The number of anilines is 2. The van der Waals surface area contributed by atoms with Crippen LogP contribution in [0.15, 0.2) is 48.9 Å². The molecule has 1 saturated heterocycles. The van der Waals surface area contributed by atoms with E-state index in [1.54, 1.807) is 29.6 Å². The number of nitrogens with one attached hydrogen (secondary N) is 1. The summed E-state index contributed by atoms with van der Waals surface area (Å²) in [6.45, 7) is 1.22. The standard InChI is InChI=1S/C26H26F3N7O2S/c27-26(28,29)24-21-19(39-23(22(21)30)25(31)38)11-20(35-24)36-9-5-16(6-10-36)33-13-18(37)17-2-1-15(12-34-17)14-3-7-32-8-4-14/h1-4,7-8,11-12,16,18,33,37H,5-6,9-10,13,30H2,(H2,31,38). The van der Waals surface area contributed by atoms with Crippen LogP contribution in [0.2, 0.25) is 0 Å². The Hall–Kier alpha value is -3.81. The smallest absolute Gasteiger partial charge is 0.397 e. The van der Waals surface area contributed by atoms with E-state index < -0.39 is 23.9 Å². The lowest BCUT2D eigenvalue weighted by Crippen LogP contribution is -2.44. The molecule has 1 fully saturated rings. The molecule has 1 aliphatic rings. The molecule has 1 amide bonds. The zero-order chi connectivity index (χ0) is 27.7. The number of aromatic nitrogens is 3. The zero-order valence-electron chi connectivity index (χ0n) is 20.7. The van der Waals surface area contributed by atoms with Crippen LogP contribution in [0.5, 0.6) is 0 Å². The Balaban J connectivity index is 1.22. The van der Waals surface area contributed by atoms with Gasteiger partial charge in [-0.3, -0.25) is 14.8 Å². The number of aliphatic hydroxyl groups is 1. The quantitative estimate of drug-likeness (QED) is 0.269. The van der Waals surface area contributed by atoms with Gasteiger partial charge in [0.2, 0.25) is 0 Å². The lowest BCUT2D eigenvalue weighted by molar-refractivity contribution is -0.139. The molecule has 0 aromatic carbocycles. The summed E-state index contributed by atoms with van der Waals surface area (Å²) in [4.78, 5) is 25.6. The fraction of sp³-hybridized carbons (Fsp3) is 0.308. The molecule has 5 rings (SSSR count). The molecular formula is C26H26F3N7O2S. The summed E-state index contributed by atoms with van der Waals surface area (Å²) in [7, 11) is 0. The van der Waals surface area contributed by atoms with Crippen molar-refractivity contribution in [3.8, 4) is 11.1 Å². The molecule has 1 atom stereocenters. The molecule has 0 spiro atoms. The van der Waals surface area contributed by atoms with Crippen LogP contribution < -0.4 is 21.7 Å². The summed E-state index contributed by atoms with van der Waals surface area (Å²) < 4.78 is 41.8. The average Bonchev–Trinajstić information content (AvgIpc) is 3.28. The first-order valence-corrected chi connectivity index (χ1v) is 13.1. The number of carbonyl (C=O) groups excluding carboxylic acids is 1. The second-order valence-electron chi connectivity index (χ2n) is 9.30. The number of piperidine rings is 1. The maximum Gasteiger partial charge on any atom is 0.434 e. The Morgan fingerprint density at radius 3 is 2.51 bits per heavy atom. The van der Waals surface area contributed by atoms with Crippen molar-refractivity contribution in [3.63, 3.8) is 0 Å². The Morgan fingerprint density at radius 2 is 1.90 bits per heavy atom. The van der Waals surface area contributed by atoms with E-state index in [1.165, 1.54) is 6.07 Å². The number of nitrogens with zero attached hydrogens (tertiary/aromatic N) is 4. The van der Waals surface area contributed by atoms with Gasteiger partial charge in [0.1, 0.15) is 16.8 Å². The molecular weight excluding hydrogens is 531 g/mol. The van der Waals surface area contributed by atoms with Crippen molar-refractivity contribution in [1.29, 1.82) is 0 Å². The summed E-state index contributed by atoms with van der Waals surface area (Å²) in [5.41, 5.74) is 12.2. The first-order valence-electron chi connectivity index (χ1n) is 12.2. The monoisotopic (exact) mass is 557 g/mol.